The Morgan fingerprint density at radius 2 is 1.93 bits per heavy atom. The van der Waals surface area contributed by atoms with Crippen LogP contribution in [0.1, 0.15) is 12.3 Å². The second-order valence-corrected chi connectivity index (χ2v) is 6.07. The predicted molar refractivity (Wildman–Crippen MR) is 101 cm³/mol. The second kappa shape index (κ2) is 8.55. The van der Waals surface area contributed by atoms with E-state index in [2.05, 4.69) is 15.5 Å². The molecular formula is C19H18ClN3O4. The van der Waals surface area contributed by atoms with Crippen molar-refractivity contribution in [2.45, 2.75) is 12.8 Å². The molecule has 0 spiro atoms. The molecule has 0 atom stereocenters. The normalized spacial score (nSPS) is 10.5. The van der Waals surface area contributed by atoms with E-state index in [9.17, 15) is 4.79 Å². The number of halogens is 1. The largest absolute Gasteiger partial charge is 0.497 e. The minimum atomic E-state index is -0.190. The van der Waals surface area contributed by atoms with Crippen LogP contribution in [0, 0.1) is 0 Å². The van der Waals surface area contributed by atoms with Crippen molar-refractivity contribution >= 4 is 23.2 Å². The highest BCUT2D eigenvalue weighted by Gasteiger charge is 2.13. The molecule has 2 aromatic carbocycles. The quantitative estimate of drug-likeness (QED) is 0.659. The Bertz CT molecular complexity index is 925. The van der Waals surface area contributed by atoms with Crippen LogP contribution in [0.5, 0.6) is 11.5 Å². The van der Waals surface area contributed by atoms with Crippen molar-refractivity contribution in [3.8, 4) is 22.9 Å². The zero-order valence-electron chi connectivity index (χ0n) is 14.9. The third-order valence-corrected chi connectivity index (χ3v) is 4.07. The smallest absolute Gasteiger partial charge is 0.227 e. The van der Waals surface area contributed by atoms with Gasteiger partial charge in [-0.3, -0.25) is 4.79 Å². The first-order chi connectivity index (χ1) is 13.1. The van der Waals surface area contributed by atoms with Crippen molar-refractivity contribution in [3.63, 3.8) is 0 Å². The predicted octanol–water partition coefficient (Wildman–Crippen LogP) is 3.98. The molecule has 1 N–H and O–H groups in total. The van der Waals surface area contributed by atoms with Gasteiger partial charge in [-0.25, -0.2) is 0 Å². The van der Waals surface area contributed by atoms with E-state index in [4.69, 9.17) is 25.6 Å². The molecule has 0 aliphatic rings. The maximum atomic E-state index is 12.2. The summed E-state index contributed by atoms with van der Waals surface area (Å²) in [7, 11) is 3.09. The zero-order chi connectivity index (χ0) is 19.2. The summed E-state index contributed by atoms with van der Waals surface area (Å²) in [6.07, 6.45) is 0.516. The molecule has 3 rings (SSSR count). The molecule has 1 heterocycles. The van der Waals surface area contributed by atoms with E-state index in [1.165, 1.54) is 7.11 Å². The van der Waals surface area contributed by atoms with Crippen molar-refractivity contribution in [2.75, 3.05) is 19.5 Å². The van der Waals surface area contributed by atoms with Crippen LogP contribution in [0.3, 0.4) is 0 Å². The topological polar surface area (TPSA) is 86.5 Å². The van der Waals surface area contributed by atoms with Crippen molar-refractivity contribution in [1.29, 1.82) is 0 Å². The van der Waals surface area contributed by atoms with E-state index >= 15 is 0 Å². The summed E-state index contributed by atoms with van der Waals surface area (Å²) in [6.45, 7) is 0. The van der Waals surface area contributed by atoms with Crippen LogP contribution in [0.2, 0.25) is 5.02 Å². The standard InChI is InChI=1S/C19H18ClN3O4/c1-25-14-7-8-15(16(11-14)26-2)21-17(24)9-10-18-22-19(23-27-18)12-3-5-13(20)6-4-12/h3-8,11H,9-10H2,1-2H3,(H,21,24). The highest BCUT2D eigenvalue weighted by molar-refractivity contribution is 6.30. The maximum Gasteiger partial charge on any atom is 0.227 e. The van der Waals surface area contributed by atoms with E-state index in [-0.39, 0.29) is 12.3 Å². The number of aromatic nitrogens is 2. The number of methoxy groups -OCH3 is 2. The molecule has 27 heavy (non-hydrogen) atoms. The SMILES string of the molecule is COc1ccc(NC(=O)CCc2nc(-c3ccc(Cl)cc3)no2)c(OC)c1. The van der Waals surface area contributed by atoms with E-state index in [0.717, 1.165) is 5.56 Å². The lowest BCUT2D eigenvalue weighted by molar-refractivity contribution is -0.116. The van der Waals surface area contributed by atoms with Gasteiger partial charge < -0.3 is 19.3 Å². The van der Waals surface area contributed by atoms with Crippen LogP contribution in [0.25, 0.3) is 11.4 Å². The van der Waals surface area contributed by atoms with Gasteiger partial charge in [-0.15, -0.1) is 0 Å². The van der Waals surface area contributed by atoms with Gasteiger partial charge in [0.1, 0.15) is 11.5 Å². The number of amides is 1. The lowest BCUT2D eigenvalue weighted by Crippen LogP contribution is -2.13. The van der Waals surface area contributed by atoms with Crippen LogP contribution >= 0.6 is 11.6 Å². The summed E-state index contributed by atoms with van der Waals surface area (Å²) in [5.74, 6) is 1.82. The molecule has 0 unspecified atom stereocenters. The van der Waals surface area contributed by atoms with Gasteiger partial charge in [0.15, 0.2) is 0 Å². The molecule has 0 saturated carbocycles. The molecule has 7 nitrogen and oxygen atoms in total. The van der Waals surface area contributed by atoms with Crippen molar-refractivity contribution < 1.29 is 18.8 Å². The van der Waals surface area contributed by atoms with Crippen LogP contribution in [-0.4, -0.2) is 30.3 Å². The summed E-state index contributed by atoms with van der Waals surface area (Å²) in [6, 6.07) is 12.3. The lowest BCUT2D eigenvalue weighted by Gasteiger charge is -2.11. The molecule has 0 fully saturated rings. The number of carbonyl (C=O) groups excluding carboxylic acids is 1. The fourth-order valence-electron chi connectivity index (χ4n) is 2.41. The molecule has 8 heteroatoms. The second-order valence-electron chi connectivity index (χ2n) is 5.63. The lowest BCUT2D eigenvalue weighted by atomic mass is 10.2. The van der Waals surface area contributed by atoms with Gasteiger partial charge in [-0.05, 0) is 36.4 Å². The number of carbonyl (C=O) groups is 1. The molecular weight excluding hydrogens is 370 g/mol. The van der Waals surface area contributed by atoms with Crippen molar-refractivity contribution in [3.05, 3.63) is 53.4 Å². The van der Waals surface area contributed by atoms with E-state index in [1.54, 1.807) is 49.6 Å². The first-order valence-corrected chi connectivity index (χ1v) is 8.57. The number of nitrogens with one attached hydrogen (secondary N) is 1. The number of benzene rings is 2. The van der Waals surface area contributed by atoms with E-state index in [1.807, 2.05) is 0 Å². The zero-order valence-corrected chi connectivity index (χ0v) is 15.6. The van der Waals surface area contributed by atoms with Crippen LogP contribution in [0.4, 0.5) is 5.69 Å². The van der Waals surface area contributed by atoms with Gasteiger partial charge in [0.25, 0.3) is 0 Å². The Morgan fingerprint density at radius 1 is 1.15 bits per heavy atom. The summed E-state index contributed by atoms with van der Waals surface area (Å²) < 4.78 is 15.6. The van der Waals surface area contributed by atoms with Crippen LogP contribution < -0.4 is 14.8 Å². The monoisotopic (exact) mass is 387 g/mol. The summed E-state index contributed by atoms with van der Waals surface area (Å²) >= 11 is 5.87. The Morgan fingerprint density at radius 3 is 2.63 bits per heavy atom. The Labute approximate surface area is 161 Å². The first-order valence-electron chi connectivity index (χ1n) is 8.19. The molecule has 0 saturated heterocycles. The van der Waals surface area contributed by atoms with Gasteiger partial charge in [0.05, 0.1) is 19.9 Å². The molecule has 0 aliphatic heterocycles. The molecule has 140 valence electrons. The number of aryl methyl sites for hydroxylation is 1. The Hall–Kier alpha value is -3.06. The summed E-state index contributed by atoms with van der Waals surface area (Å²) in [5.41, 5.74) is 1.36. The van der Waals surface area contributed by atoms with E-state index < -0.39 is 0 Å². The third-order valence-electron chi connectivity index (χ3n) is 3.82. The number of anilines is 1. The first kappa shape index (κ1) is 18.7. The third kappa shape index (κ3) is 4.77. The van der Waals surface area contributed by atoms with Crippen molar-refractivity contribution in [1.82, 2.24) is 10.1 Å². The average Bonchev–Trinajstić information content (AvgIpc) is 3.16. The van der Waals surface area contributed by atoms with Crippen LogP contribution in [0.15, 0.2) is 47.0 Å². The number of hydrogen-bond acceptors (Lipinski definition) is 6. The Balaban J connectivity index is 1.59. The van der Waals surface area contributed by atoms with Gasteiger partial charge >= 0.3 is 0 Å². The van der Waals surface area contributed by atoms with Gasteiger partial charge in [0, 0.05) is 29.5 Å². The molecule has 0 aliphatic carbocycles. The van der Waals surface area contributed by atoms with Crippen LogP contribution in [-0.2, 0) is 11.2 Å². The number of nitrogens with zero attached hydrogens (tertiary/aromatic N) is 2. The fourth-order valence-corrected chi connectivity index (χ4v) is 2.53. The average molecular weight is 388 g/mol. The fraction of sp³-hybridized carbons (Fsp3) is 0.211. The minimum absolute atomic E-state index is 0.190. The summed E-state index contributed by atoms with van der Waals surface area (Å²) in [5, 5.41) is 7.37. The molecule has 3 aromatic rings. The maximum absolute atomic E-state index is 12.2. The molecule has 1 amide bonds. The Kier molecular flexibility index (Phi) is 5.93. The van der Waals surface area contributed by atoms with Gasteiger partial charge in [0.2, 0.25) is 17.6 Å². The highest BCUT2D eigenvalue weighted by atomic mass is 35.5. The molecule has 0 bridgehead atoms. The van der Waals surface area contributed by atoms with Gasteiger partial charge in [-0.2, -0.15) is 4.98 Å². The van der Waals surface area contributed by atoms with E-state index in [0.29, 0.717) is 40.3 Å². The molecule has 0 radical (unpaired) electrons. The minimum Gasteiger partial charge on any atom is -0.497 e. The summed E-state index contributed by atoms with van der Waals surface area (Å²) in [4.78, 5) is 16.5. The molecule has 1 aromatic heterocycles. The highest BCUT2D eigenvalue weighted by Crippen LogP contribution is 2.29. The number of rotatable bonds is 7. The number of hydrogen-bond donors (Lipinski definition) is 1. The van der Waals surface area contributed by atoms with Crippen molar-refractivity contribution in [2.24, 2.45) is 0 Å². The number of ether oxygens (including phenoxy) is 2. The van der Waals surface area contributed by atoms with Gasteiger partial charge in [-0.1, -0.05) is 16.8 Å².